The van der Waals surface area contributed by atoms with Gasteiger partial charge in [0.05, 0.1) is 7.11 Å². The number of aliphatic imine (C=N–C) groups is 1. The van der Waals surface area contributed by atoms with Crippen LogP contribution in [-0.4, -0.2) is 62.3 Å². The zero-order chi connectivity index (χ0) is 20.6. The van der Waals surface area contributed by atoms with Gasteiger partial charge in [0.15, 0.2) is 17.5 Å². The molecule has 1 fully saturated rings. The average Bonchev–Trinajstić information content (AvgIpc) is 2.74. The second kappa shape index (κ2) is 11.9. The van der Waals surface area contributed by atoms with E-state index in [9.17, 15) is 5.11 Å². The fourth-order valence-electron chi connectivity index (χ4n) is 3.64. The van der Waals surface area contributed by atoms with Crippen LogP contribution in [0.3, 0.4) is 0 Å². The summed E-state index contributed by atoms with van der Waals surface area (Å²) in [6.07, 6.45) is 0.668. The van der Waals surface area contributed by atoms with Crippen molar-refractivity contribution in [2.75, 3.05) is 51.3 Å². The van der Waals surface area contributed by atoms with Gasteiger partial charge in [-0.2, -0.15) is 0 Å². The van der Waals surface area contributed by atoms with Crippen LogP contribution in [0.15, 0.2) is 47.5 Å². The summed E-state index contributed by atoms with van der Waals surface area (Å²) < 4.78 is 5.19. The number of para-hydroxylation sites is 1. The number of nitrogens with one attached hydrogen (secondary N) is 1. The van der Waals surface area contributed by atoms with Crippen molar-refractivity contribution in [2.45, 2.75) is 20.3 Å². The van der Waals surface area contributed by atoms with Crippen molar-refractivity contribution in [3.63, 3.8) is 0 Å². The lowest BCUT2D eigenvalue weighted by atomic mass is 10.1. The molecular weight excluding hydrogens is 491 g/mol. The third kappa shape index (κ3) is 6.17. The topological polar surface area (TPSA) is 60.3 Å². The molecule has 30 heavy (non-hydrogen) atoms. The van der Waals surface area contributed by atoms with E-state index in [4.69, 9.17) is 9.73 Å². The molecule has 2 aromatic carbocycles. The van der Waals surface area contributed by atoms with Gasteiger partial charge in [0.2, 0.25) is 0 Å². The molecule has 0 unspecified atom stereocenters. The molecule has 0 atom stereocenters. The molecule has 0 aliphatic carbocycles. The van der Waals surface area contributed by atoms with Crippen molar-refractivity contribution >= 4 is 35.6 Å². The summed E-state index contributed by atoms with van der Waals surface area (Å²) in [6, 6.07) is 14.3. The number of hydrogen-bond acceptors (Lipinski definition) is 4. The molecule has 1 aliphatic rings. The van der Waals surface area contributed by atoms with Gasteiger partial charge in [0, 0.05) is 45.0 Å². The predicted molar refractivity (Wildman–Crippen MR) is 135 cm³/mol. The Morgan fingerprint density at radius 1 is 1.13 bits per heavy atom. The maximum Gasteiger partial charge on any atom is 0.194 e. The van der Waals surface area contributed by atoms with Crippen LogP contribution in [0.25, 0.3) is 0 Å². The van der Waals surface area contributed by atoms with E-state index >= 15 is 0 Å². The zero-order valence-electron chi connectivity index (χ0n) is 18.1. The molecule has 0 spiro atoms. The third-order valence-electron chi connectivity index (χ3n) is 5.23. The molecule has 7 heteroatoms. The minimum Gasteiger partial charge on any atom is -0.504 e. The van der Waals surface area contributed by atoms with Crippen LogP contribution in [-0.2, 0) is 6.42 Å². The van der Waals surface area contributed by atoms with Crippen LogP contribution in [0.5, 0.6) is 11.5 Å². The lowest BCUT2D eigenvalue weighted by Gasteiger charge is -2.37. The number of nitrogens with zero attached hydrogens (tertiary/aromatic N) is 3. The minimum atomic E-state index is 0. The maximum atomic E-state index is 10.3. The van der Waals surface area contributed by atoms with Crippen molar-refractivity contribution in [3.8, 4) is 11.5 Å². The van der Waals surface area contributed by atoms with Crippen LogP contribution in [0.2, 0.25) is 0 Å². The van der Waals surface area contributed by atoms with Crippen molar-refractivity contribution in [3.05, 3.63) is 53.6 Å². The number of benzene rings is 2. The number of phenols is 1. The molecule has 1 heterocycles. The van der Waals surface area contributed by atoms with Gasteiger partial charge in [-0.3, -0.25) is 4.99 Å². The van der Waals surface area contributed by atoms with E-state index in [0.717, 1.165) is 44.2 Å². The molecule has 0 radical (unpaired) electrons. The van der Waals surface area contributed by atoms with E-state index in [1.165, 1.54) is 11.3 Å². The van der Waals surface area contributed by atoms with Gasteiger partial charge >= 0.3 is 0 Å². The van der Waals surface area contributed by atoms with Crippen LogP contribution >= 0.6 is 24.0 Å². The lowest BCUT2D eigenvalue weighted by molar-refractivity contribution is 0.369. The normalized spacial score (nSPS) is 14.3. The van der Waals surface area contributed by atoms with Gasteiger partial charge in [-0.05, 0) is 49.6 Å². The third-order valence-corrected chi connectivity index (χ3v) is 5.23. The van der Waals surface area contributed by atoms with Crippen LogP contribution < -0.4 is 15.0 Å². The standard InChI is InChI=1S/C23H32N4O2.HI/c1-4-24-23(25-12-11-19-8-6-10-21(29-3)22(19)28)27-15-13-26(14-16-27)20-9-5-7-18(2)17-20;/h5-10,17,28H,4,11-16H2,1-3H3,(H,24,25);1H. The Bertz CT molecular complexity index is 836. The second-order valence-corrected chi connectivity index (χ2v) is 7.27. The van der Waals surface area contributed by atoms with Gasteiger partial charge in [-0.25, -0.2) is 0 Å². The van der Waals surface area contributed by atoms with Crippen LogP contribution in [0.1, 0.15) is 18.1 Å². The van der Waals surface area contributed by atoms with Gasteiger partial charge in [0.25, 0.3) is 0 Å². The van der Waals surface area contributed by atoms with Gasteiger partial charge in [-0.15, -0.1) is 24.0 Å². The number of anilines is 1. The molecule has 1 aliphatic heterocycles. The van der Waals surface area contributed by atoms with Crippen molar-refractivity contribution in [1.82, 2.24) is 10.2 Å². The first-order valence-electron chi connectivity index (χ1n) is 10.3. The van der Waals surface area contributed by atoms with E-state index < -0.39 is 0 Å². The molecule has 0 amide bonds. The number of ether oxygens (including phenoxy) is 1. The Morgan fingerprint density at radius 3 is 2.53 bits per heavy atom. The summed E-state index contributed by atoms with van der Waals surface area (Å²) >= 11 is 0. The van der Waals surface area contributed by atoms with Gasteiger partial charge < -0.3 is 25.0 Å². The lowest BCUT2D eigenvalue weighted by Crippen LogP contribution is -2.52. The molecule has 2 N–H and O–H groups in total. The van der Waals surface area contributed by atoms with Crippen molar-refractivity contribution in [1.29, 1.82) is 0 Å². The summed E-state index contributed by atoms with van der Waals surface area (Å²) in [5.41, 5.74) is 3.44. The first-order chi connectivity index (χ1) is 14.1. The van der Waals surface area contributed by atoms with Crippen molar-refractivity contribution in [2.24, 2.45) is 4.99 Å². The highest BCUT2D eigenvalue weighted by molar-refractivity contribution is 14.0. The number of piperazine rings is 1. The molecule has 6 nitrogen and oxygen atoms in total. The largest absolute Gasteiger partial charge is 0.504 e. The summed E-state index contributed by atoms with van der Waals surface area (Å²) in [7, 11) is 1.57. The number of rotatable bonds is 6. The summed E-state index contributed by atoms with van der Waals surface area (Å²) in [5.74, 6) is 1.66. The van der Waals surface area contributed by atoms with Gasteiger partial charge in [0.1, 0.15) is 0 Å². The van der Waals surface area contributed by atoms with E-state index in [-0.39, 0.29) is 29.7 Å². The second-order valence-electron chi connectivity index (χ2n) is 7.27. The predicted octanol–water partition coefficient (Wildman–Crippen LogP) is 3.66. The number of aryl methyl sites for hydroxylation is 1. The molecular formula is C23H33IN4O2. The zero-order valence-corrected chi connectivity index (χ0v) is 20.4. The first-order valence-corrected chi connectivity index (χ1v) is 10.3. The monoisotopic (exact) mass is 524 g/mol. The Morgan fingerprint density at radius 2 is 1.87 bits per heavy atom. The maximum absolute atomic E-state index is 10.3. The van der Waals surface area contributed by atoms with E-state index in [2.05, 4.69) is 53.2 Å². The number of aromatic hydroxyl groups is 1. The highest BCUT2D eigenvalue weighted by Gasteiger charge is 2.20. The van der Waals surface area contributed by atoms with Crippen LogP contribution in [0, 0.1) is 6.92 Å². The highest BCUT2D eigenvalue weighted by Crippen LogP contribution is 2.29. The molecule has 0 bridgehead atoms. The summed E-state index contributed by atoms with van der Waals surface area (Å²) in [6.45, 7) is 9.49. The van der Waals surface area contributed by atoms with E-state index in [1.807, 2.05) is 12.1 Å². The van der Waals surface area contributed by atoms with E-state index in [0.29, 0.717) is 18.7 Å². The highest BCUT2D eigenvalue weighted by atomic mass is 127. The molecule has 1 saturated heterocycles. The molecule has 0 aromatic heterocycles. The molecule has 164 valence electrons. The van der Waals surface area contributed by atoms with E-state index in [1.54, 1.807) is 13.2 Å². The summed E-state index contributed by atoms with van der Waals surface area (Å²) in [4.78, 5) is 9.55. The quantitative estimate of drug-likeness (QED) is 0.343. The minimum absolute atomic E-state index is 0. The molecule has 0 saturated carbocycles. The number of methoxy groups -OCH3 is 1. The van der Waals surface area contributed by atoms with Crippen molar-refractivity contribution < 1.29 is 9.84 Å². The fourth-order valence-corrected chi connectivity index (χ4v) is 3.64. The number of phenolic OH excluding ortho intramolecular Hbond substituents is 1. The Hall–Kier alpha value is -2.16. The average molecular weight is 524 g/mol. The number of guanidine groups is 1. The first kappa shape index (κ1) is 24.1. The smallest absolute Gasteiger partial charge is 0.194 e. The Labute approximate surface area is 197 Å². The summed E-state index contributed by atoms with van der Waals surface area (Å²) in [5, 5.41) is 13.7. The molecule has 3 rings (SSSR count). The Kier molecular flexibility index (Phi) is 9.55. The fraction of sp³-hybridized carbons (Fsp3) is 0.435. The SMILES string of the molecule is CCNC(=NCCc1cccc(OC)c1O)N1CCN(c2cccc(C)c2)CC1.I. The number of halogens is 1. The Balaban J connectivity index is 0.00000320. The number of hydrogen-bond donors (Lipinski definition) is 2. The van der Waals surface area contributed by atoms with Gasteiger partial charge in [-0.1, -0.05) is 24.3 Å². The molecule has 2 aromatic rings. The van der Waals surface area contributed by atoms with Crippen LogP contribution in [0.4, 0.5) is 5.69 Å².